The average molecular weight is 374 g/mol. The fourth-order valence-corrected chi connectivity index (χ4v) is 4.09. The van der Waals surface area contributed by atoms with Crippen molar-refractivity contribution in [1.82, 2.24) is 25.4 Å². The molecule has 2 N–H and O–H groups in total. The maximum absolute atomic E-state index is 12.6. The van der Waals surface area contributed by atoms with Crippen LogP contribution in [0.1, 0.15) is 38.2 Å². The van der Waals surface area contributed by atoms with Crippen molar-refractivity contribution in [3.8, 4) is 0 Å². The second-order valence-corrected chi connectivity index (χ2v) is 7.47. The third-order valence-corrected chi connectivity index (χ3v) is 5.61. The molecule has 0 spiro atoms. The number of carbonyl (C=O) groups is 2. The first-order valence-corrected chi connectivity index (χ1v) is 10.1. The highest BCUT2D eigenvalue weighted by molar-refractivity contribution is 5.79. The van der Waals surface area contributed by atoms with Gasteiger partial charge in [-0.2, -0.15) is 0 Å². The highest BCUT2D eigenvalue weighted by Gasteiger charge is 2.32. The molecule has 3 amide bonds. The summed E-state index contributed by atoms with van der Waals surface area (Å²) in [6.07, 6.45) is 7.51. The van der Waals surface area contributed by atoms with Crippen molar-refractivity contribution < 1.29 is 9.59 Å². The minimum atomic E-state index is 0.0438. The molecule has 1 atom stereocenters. The molecule has 0 radical (unpaired) electrons. The third-order valence-electron chi connectivity index (χ3n) is 5.61. The SMILES string of the molecule is CCNC(=O)N1CCC(N2CCC[C@H](C(=O)NCc3cccnc3)C2)CC1. The molecule has 2 saturated heterocycles. The van der Waals surface area contributed by atoms with E-state index < -0.39 is 0 Å². The number of nitrogens with one attached hydrogen (secondary N) is 2. The number of amides is 3. The number of likely N-dealkylation sites (tertiary alicyclic amines) is 2. The molecule has 2 fully saturated rings. The fraction of sp³-hybridized carbons (Fsp3) is 0.650. The van der Waals surface area contributed by atoms with Crippen LogP contribution in [-0.4, -0.2) is 65.5 Å². The molecule has 0 unspecified atom stereocenters. The topological polar surface area (TPSA) is 77.6 Å². The summed E-state index contributed by atoms with van der Waals surface area (Å²) < 4.78 is 0. The van der Waals surface area contributed by atoms with E-state index in [9.17, 15) is 9.59 Å². The Labute approximate surface area is 161 Å². The molecule has 2 aliphatic heterocycles. The zero-order chi connectivity index (χ0) is 19.1. The molecular formula is C20H31N5O2. The van der Waals surface area contributed by atoms with Gasteiger partial charge in [0, 0.05) is 51.2 Å². The number of nitrogens with zero attached hydrogens (tertiary/aromatic N) is 3. The Bertz CT molecular complexity index is 616. The summed E-state index contributed by atoms with van der Waals surface area (Å²) in [5.41, 5.74) is 1.02. The van der Waals surface area contributed by atoms with E-state index in [1.807, 2.05) is 24.0 Å². The maximum Gasteiger partial charge on any atom is 0.317 e. The number of rotatable bonds is 5. The van der Waals surface area contributed by atoms with Gasteiger partial charge in [-0.05, 0) is 50.8 Å². The van der Waals surface area contributed by atoms with Crippen molar-refractivity contribution in [2.24, 2.45) is 5.92 Å². The smallest absolute Gasteiger partial charge is 0.317 e. The Morgan fingerprint density at radius 2 is 2.00 bits per heavy atom. The van der Waals surface area contributed by atoms with Crippen molar-refractivity contribution in [2.45, 2.75) is 45.2 Å². The maximum atomic E-state index is 12.6. The third kappa shape index (κ3) is 5.42. The van der Waals surface area contributed by atoms with E-state index in [0.717, 1.165) is 57.4 Å². The van der Waals surface area contributed by atoms with Gasteiger partial charge in [0.2, 0.25) is 5.91 Å². The molecular weight excluding hydrogens is 342 g/mol. The zero-order valence-corrected chi connectivity index (χ0v) is 16.2. The molecule has 1 aromatic heterocycles. The van der Waals surface area contributed by atoms with Crippen LogP contribution in [-0.2, 0) is 11.3 Å². The summed E-state index contributed by atoms with van der Waals surface area (Å²) in [5.74, 6) is 0.195. The van der Waals surface area contributed by atoms with Gasteiger partial charge in [0.15, 0.2) is 0 Å². The van der Waals surface area contributed by atoms with Crippen LogP contribution in [0.2, 0.25) is 0 Å². The number of aromatic nitrogens is 1. The molecule has 148 valence electrons. The minimum absolute atomic E-state index is 0.0438. The van der Waals surface area contributed by atoms with Gasteiger partial charge in [0.25, 0.3) is 0 Å². The number of piperidine rings is 2. The summed E-state index contributed by atoms with van der Waals surface area (Å²) in [5, 5.41) is 5.94. The highest BCUT2D eigenvalue weighted by Crippen LogP contribution is 2.24. The van der Waals surface area contributed by atoms with E-state index in [1.54, 1.807) is 12.4 Å². The molecule has 0 saturated carbocycles. The Morgan fingerprint density at radius 1 is 1.19 bits per heavy atom. The Kier molecular flexibility index (Phi) is 7.04. The lowest BCUT2D eigenvalue weighted by Gasteiger charge is -2.42. The van der Waals surface area contributed by atoms with Crippen LogP contribution in [0, 0.1) is 5.92 Å². The molecule has 3 heterocycles. The Balaban J connectivity index is 1.45. The van der Waals surface area contributed by atoms with E-state index in [1.165, 1.54) is 0 Å². The van der Waals surface area contributed by atoms with Gasteiger partial charge in [0.1, 0.15) is 0 Å². The first kappa shape index (κ1) is 19.6. The quantitative estimate of drug-likeness (QED) is 0.822. The van der Waals surface area contributed by atoms with Crippen molar-refractivity contribution in [1.29, 1.82) is 0 Å². The lowest BCUT2D eigenvalue weighted by Crippen LogP contribution is -2.52. The van der Waals surface area contributed by atoms with Crippen LogP contribution in [0.5, 0.6) is 0 Å². The van der Waals surface area contributed by atoms with E-state index in [-0.39, 0.29) is 17.9 Å². The zero-order valence-electron chi connectivity index (χ0n) is 16.2. The van der Waals surface area contributed by atoms with Gasteiger partial charge in [0.05, 0.1) is 5.92 Å². The number of carbonyl (C=O) groups excluding carboxylic acids is 2. The van der Waals surface area contributed by atoms with Crippen LogP contribution >= 0.6 is 0 Å². The van der Waals surface area contributed by atoms with E-state index in [0.29, 0.717) is 19.1 Å². The van der Waals surface area contributed by atoms with Crippen molar-refractivity contribution in [3.05, 3.63) is 30.1 Å². The van der Waals surface area contributed by atoms with Crippen LogP contribution < -0.4 is 10.6 Å². The van der Waals surface area contributed by atoms with E-state index in [4.69, 9.17) is 0 Å². The summed E-state index contributed by atoms with van der Waals surface area (Å²) in [6.45, 7) is 6.62. The monoisotopic (exact) mass is 373 g/mol. The molecule has 2 aliphatic rings. The van der Waals surface area contributed by atoms with E-state index in [2.05, 4.69) is 20.5 Å². The molecule has 7 heteroatoms. The number of hydrogen-bond acceptors (Lipinski definition) is 4. The van der Waals surface area contributed by atoms with Crippen LogP contribution in [0.4, 0.5) is 4.79 Å². The van der Waals surface area contributed by atoms with Gasteiger partial charge in [-0.1, -0.05) is 6.07 Å². The average Bonchev–Trinajstić information content (AvgIpc) is 2.73. The lowest BCUT2D eigenvalue weighted by molar-refractivity contribution is -0.127. The van der Waals surface area contributed by atoms with Crippen LogP contribution in [0.25, 0.3) is 0 Å². The molecule has 0 aromatic carbocycles. The Morgan fingerprint density at radius 3 is 2.70 bits per heavy atom. The predicted molar refractivity (Wildman–Crippen MR) is 104 cm³/mol. The van der Waals surface area contributed by atoms with Crippen molar-refractivity contribution >= 4 is 11.9 Å². The van der Waals surface area contributed by atoms with Gasteiger partial charge in [-0.25, -0.2) is 4.79 Å². The summed E-state index contributed by atoms with van der Waals surface area (Å²) in [7, 11) is 0. The standard InChI is InChI=1S/C20H31N5O2/c1-2-22-20(27)24-11-7-18(8-12-24)25-10-4-6-17(15-25)19(26)23-14-16-5-3-9-21-13-16/h3,5,9,13,17-18H,2,4,6-8,10-12,14-15H2,1H3,(H,22,27)(H,23,26)/t17-/m0/s1. The molecule has 0 aliphatic carbocycles. The van der Waals surface area contributed by atoms with E-state index >= 15 is 0 Å². The number of pyridine rings is 1. The largest absolute Gasteiger partial charge is 0.352 e. The lowest BCUT2D eigenvalue weighted by atomic mass is 9.93. The first-order chi connectivity index (χ1) is 13.2. The second kappa shape index (κ2) is 9.69. The summed E-state index contributed by atoms with van der Waals surface area (Å²) >= 11 is 0. The second-order valence-electron chi connectivity index (χ2n) is 7.47. The van der Waals surface area contributed by atoms with Crippen molar-refractivity contribution in [2.75, 3.05) is 32.7 Å². The van der Waals surface area contributed by atoms with Crippen LogP contribution in [0.3, 0.4) is 0 Å². The molecule has 27 heavy (non-hydrogen) atoms. The molecule has 0 bridgehead atoms. The summed E-state index contributed by atoms with van der Waals surface area (Å²) in [6, 6.07) is 4.38. The van der Waals surface area contributed by atoms with Gasteiger partial charge < -0.3 is 15.5 Å². The first-order valence-electron chi connectivity index (χ1n) is 10.1. The summed E-state index contributed by atoms with van der Waals surface area (Å²) in [4.78, 5) is 33.0. The fourth-order valence-electron chi connectivity index (χ4n) is 4.09. The van der Waals surface area contributed by atoms with Gasteiger partial charge >= 0.3 is 6.03 Å². The van der Waals surface area contributed by atoms with Crippen LogP contribution in [0.15, 0.2) is 24.5 Å². The minimum Gasteiger partial charge on any atom is -0.352 e. The van der Waals surface area contributed by atoms with Gasteiger partial charge in [-0.3, -0.25) is 14.7 Å². The molecule has 7 nitrogen and oxygen atoms in total. The number of urea groups is 1. The number of hydrogen-bond donors (Lipinski definition) is 2. The van der Waals surface area contributed by atoms with Crippen molar-refractivity contribution in [3.63, 3.8) is 0 Å². The van der Waals surface area contributed by atoms with Gasteiger partial charge in [-0.15, -0.1) is 0 Å². The molecule has 1 aromatic rings. The Hall–Kier alpha value is -2.15. The highest BCUT2D eigenvalue weighted by atomic mass is 16.2. The normalized spacial score (nSPS) is 21.7. The molecule has 3 rings (SSSR count). The predicted octanol–water partition coefficient (Wildman–Crippen LogP) is 1.60.